The van der Waals surface area contributed by atoms with E-state index in [4.69, 9.17) is 11.6 Å². The number of halogens is 1. The van der Waals surface area contributed by atoms with Crippen molar-refractivity contribution in [1.82, 2.24) is 4.90 Å². The molecule has 0 aliphatic rings. The normalized spacial score (nSPS) is 12.2. The van der Waals surface area contributed by atoms with E-state index in [2.05, 4.69) is 0 Å². The van der Waals surface area contributed by atoms with Gasteiger partial charge in [0.1, 0.15) is 0 Å². The van der Waals surface area contributed by atoms with Gasteiger partial charge in [0, 0.05) is 11.6 Å². The Balaban J connectivity index is 2.83. The summed E-state index contributed by atoms with van der Waals surface area (Å²) in [6, 6.07) is 5.60. The maximum atomic E-state index is 11.0. The molecule has 1 aromatic carbocycles. The van der Waals surface area contributed by atoms with Crippen molar-refractivity contribution in [3.8, 4) is 0 Å². The third-order valence-corrected chi connectivity index (χ3v) is 3.20. The average Bonchev–Trinajstić information content (AvgIpc) is 2.32. The van der Waals surface area contributed by atoms with Crippen molar-refractivity contribution in [2.24, 2.45) is 0 Å². The van der Waals surface area contributed by atoms with Crippen LogP contribution in [-0.2, 0) is 11.3 Å². The number of aliphatic hydroxyl groups excluding tert-OH is 1. The predicted octanol–water partition coefficient (Wildman–Crippen LogP) is 2.38. The fourth-order valence-electron chi connectivity index (χ4n) is 1.70. The second-order valence-electron chi connectivity index (χ2n) is 4.12. The lowest BCUT2D eigenvalue weighted by Crippen LogP contribution is -2.36. The Bertz CT molecular complexity index is 378. The van der Waals surface area contributed by atoms with Crippen LogP contribution >= 0.6 is 11.6 Å². The summed E-state index contributed by atoms with van der Waals surface area (Å²) in [6.07, 6.45) is 1.49. The van der Waals surface area contributed by atoms with Crippen LogP contribution in [-0.4, -0.2) is 29.1 Å². The summed E-state index contributed by atoms with van der Waals surface area (Å²) < 4.78 is 0. The SMILES string of the molecule is CC[C@@H](CO)N(C=O)Cc1ccc(C)cc1Cl. The first-order valence-electron chi connectivity index (χ1n) is 5.69. The van der Waals surface area contributed by atoms with Gasteiger partial charge in [-0.15, -0.1) is 0 Å². The molecule has 0 aliphatic heterocycles. The van der Waals surface area contributed by atoms with Crippen LogP contribution in [0, 0.1) is 6.92 Å². The molecule has 1 rings (SSSR count). The van der Waals surface area contributed by atoms with Crippen LogP contribution < -0.4 is 0 Å². The van der Waals surface area contributed by atoms with Gasteiger partial charge in [-0.25, -0.2) is 0 Å². The number of aliphatic hydroxyl groups is 1. The molecule has 0 bridgehead atoms. The lowest BCUT2D eigenvalue weighted by atomic mass is 10.1. The smallest absolute Gasteiger partial charge is 0.210 e. The number of carbonyl (C=O) groups is 1. The van der Waals surface area contributed by atoms with Crippen LogP contribution in [0.3, 0.4) is 0 Å². The third kappa shape index (κ3) is 3.72. The summed E-state index contributed by atoms with van der Waals surface area (Å²) in [5.74, 6) is 0. The molecule has 0 aromatic heterocycles. The van der Waals surface area contributed by atoms with Crippen molar-refractivity contribution in [3.05, 3.63) is 34.3 Å². The molecule has 0 saturated carbocycles. The van der Waals surface area contributed by atoms with Crippen LogP contribution in [0.25, 0.3) is 0 Å². The standard InChI is InChI=1S/C13H18ClNO2/c1-3-12(8-16)15(9-17)7-11-5-4-10(2)6-13(11)14/h4-6,9,12,16H,3,7-8H2,1-2H3/t12-/m0/s1. The highest BCUT2D eigenvalue weighted by Gasteiger charge is 2.15. The molecule has 4 heteroatoms. The Morgan fingerprint density at radius 3 is 2.71 bits per heavy atom. The fraction of sp³-hybridized carbons (Fsp3) is 0.462. The van der Waals surface area contributed by atoms with Crippen molar-refractivity contribution in [3.63, 3.8) is 0 Å². The monoisotopic (exact) mass is 255 g/mol. The van der Waals surface area contributed by atoms with Gasteiger partial charge < -0.3 is 10.0 Å². The van der Waals surface area contributed by atoms with E-state index in [1.54, 1.807) is 4.90 Å². The van der Waals surface area contributed by atoms with Crippen LogP contribution in [0.15, 0.2) is 18.2 Å². The van der Waals surface area contributed by atoms with E-state index in [-0.39, 0.29) is 12.6 Å². The minimum atomic E-state index is -0.148. The number of hydrogen-bond acceptors (Lipinski definition) is 2. The Labute approximate surface area is 107 Å². The fourth-order valence-corrected chi connectivity index (χ4v) is 1.99. The van der Waals surface area contributed by atoms with Gasteiger partial charge in [-0.1, -0.05) is 30.7 Å². The molecule has 94 valence electrons. The summed E-state index contributed by atoms with van der Waals surface area (Å²) in [6.45, 7) is 4.31. The largest absolute Gasteiger partial charge is 0.394 e. The van der Waals surface area contributed by atoms with Gasteiger partial charge in [-0.2, -0.15) is 0 Å². The van der Waals surface area contributed by atoms with Crippen molar-refractivity contribution in [2.75, 3.05) is 6.61 Å². The number of amides is 1. The summed E-state index contributed by atoms with van der Waals surface area (Å²) in [4.78, 5) is 12.6. The number of hydrogen-bond donors (Lipinski definition) is 1. The highest BCUT2D eigenvalue weighted by Crippen LogP contribution is 2.20. The van der Waals surface area contributed by atoms with Gasteiger partial charge in [0.05, 0.1) is 12.6 Å². The molecule has 0 spiro atoms. The van der Waals surface area contributed by atoms with Gasteiger partial charge in [0.2, 0.25) is 6.41 Å². The topological polar surface area (TPSA) is 40.5 Å². The zero-order chi connectivity index (χ0) is 12.8. The molecule has 17 heavy (non-hydrogen) atoms. The molecule has 1 aromatic rings. The van der Waals surface area contributed by atoms with Gasteiger partial charge in [-0.3, -0.25) is 4.79 Å². The van der Waals surface area contributed by atoms with Crippen LogP contribution in [0.4, 0.5) is 0 Å². The number of nitrogens with zero attached hydrogens (tertiary/aromatic N) is 1. The number of carbonyl (C=O) groups excluding carboxylic acids is 1. The maximum absolute atomic E-state index is 11.0. The minimum Gasteiger partial charge on any atom is -0.394 e. The van der Waals surface area contributed by atoms with Gasteiger partial charge in [0.15, 0.2) is 0 Å². The lowest BCUT2D eigenvalue weighted by molar-refractivity contribution is -0.121. The Morgan fingerprint density at radius 2 is 2.24 bits per heavy atom. The highest BCUT2D eigenvalue weighted by molar-refractivity contribution is 6.31. The molecular formula is C13H18ClNO2. The molecule has 0 unspecified atom stereocenters. The van der Waals surface area contributed by atoms with Crippen molar-refractivity contribution in [1.29, 1.82) is 0 Å². The molecule has 0 fully saturated rings. The van der Waals surface area contributed by atoms with E-state index in [9.17, 15) is 9.90 Å². The minimum absolute atomic E-state index is 0.0290. The van der Waals surface area contributed by atoms with E-state index in [0.29, 0.717) is 11.6 Å². The lowest BCUT2D eigenvalue weighted by Gasteiger charge is -2.26. The summed E-state index contributed by atoms with van der Waals surface area (Å²) in [5.41, 5.74) is 1.99. The molecule has 1 amide bonds. The zero-order valence-electron chi connectivity index (χ0n) is 10.2. The molecule has 3 nitrogen and oxygen atoms in total. The number of benzene rings is 1. The molecule has 0 radical (unpaired) electrons. The molecule has 1 atom stereocenters. The summed E-state index contributed by atoms with van der Waals surface area (Å²) in [5, 5.41) is 9.84. The maximum Gasteiger partial charge on any atom is 0.210 e. The predicted molar refractivity (Wildman–Crippen MR) is 69.0 cm³/mol. The molecular weight excluding hydrogens is 238 g/mol. The van der Waals surface area contributed by atoms with E-state index in [1.807, 2.05) is 32.0 Å². The van der Waals surface area contributed by atoms with Crippen molar-refractivity contribution < 1.29 is 9.90 Å². The Kier molecular flexibility index (Phi) is 5.45. The van der Waals surface area contributed by atoms with E-state index < -0.39 is 0 Å². The van der Waals surface area contributed by atoms with Crippen molar-refractivity contribution in [2.45, 2.75) is 32.9 Å². The van der Waals surface area contributed by atoms with E-state index in [0.717, 1.165) is 24.0 Å². The first-order valence-corrected chi connectivity index (χ1v) is 6.07. The zero-order valence-corrected chi connectivity index (χ0v) is 10.9. The second-order valence-corrected chi connectivity index (χ2v) is 4.52. The summed E-state index contributed by atoms with van der Waals surface area (Å²) >= 11 is 6.12. The average molecular weight is 256 g/mol. The van der Waals surface area contributed by atoms with E-state index in [1.165, 1.54) is 0 Å². The summed E-state index contributed by atoms with van der Waals surface area (Å²) in [7, 11) is 0. The van der Waals surface area contributed by atoms with Gasteiger partial charge in [-0.05, 0) is 30.5 Å². The van der Waals surface area contributed by atoms with Crippen LogP contribution in [0.5, 0.6) is 0 Å². The molecule has 0 heterocycles. The highest BCUT2D eigenvalue weighted by atomic mass is 35.5. The molecule has 0 aliphatic carbocycles. The Morgan fingerprint density at radius 1 is 1.53 bits per heavy atom. The van der Waals surface area contributed by atoms with Crippen LogP contribution in [0.1, 0.15) is 24.5 Å². The molecule has 0 saturated heterocycles. The molecule has 1 N–H and O–H groups in total. The quantitative estimate of drug-likeness (QED) is 0.793. The second kappa shape index (κ2) is 6.62. The van der Waals surface area contributed by atoms with E-state index >= 15 is 0 Å². The number of aryl methyl sites for hydroxylation is 1. The first kappa shape index (κ1) is 14.0. The third-order valence-electron chi connectivity index (χ3n) is 2.85. The van der Waals surface area contributed by atoms with Gasteiger partial charge >= 0.3 is 0 Å². The Hall–Kier alpha value is -1.06. The number of rotatable bonds is 6. The van der Waals surface area contributed by atoms with Crippen molar-refractivity contribution >= 4 is 18.0 Å². The first-order chi connectivity index (χ1) is 8.12. The van der Waals surface area contributed by atoms with Crippen LogP contribution in [0.2, 0.25) is 5.02 Å². The van der Waals surface area contributed by atoms with Gasteiger partial charge in [0.25, 0.3) is 0 Å².